The summed E-state index contributed by atoms with van der Waals surface area (Å²) in [5, 5.41) is 1.94. The van der Waals surface area contributed by atoms with Crippen LogP contribution in [0.1, 0.15) is 10.4 Å². The predicted molar refractivity (Wildman–Crippen MR) is 66.9 cm³/mol. The summed E-state index contributed by atoms with van der Waals surface area (Å²) in [5.41, 5.74) is 1.94. The Balaban J connectivity index is 2.24. The first-order chi connectivity index (χ1) is 7.67. The van der Waals surface area contributed by atoms with Crippen LogP contribution in [-0.2, 0) is 10.6 Å². The average molecular weight is 280 g/mol. The monoisotopic (exact) mass is 279 g/mol. The molecule has 1 saturated heterocycles. The Hall–Kier alpha value is -0.450. The van der Waals surface area contributed by atoms with Gasteiger partial charge in [-0.15, -0.1) is 34.5 Å². The smallest absolute Gasteiger partial charge is 0.414 e. The van der Waals surface area contributed by atoms with Crippen LogP contribution in [0.2, 0.25) is 0 Å². The molecule has 1 fully saturated rings. The van der Waals surface area contributed by atoms with E-state index in [0.717, 1.165) is 16.1 Å². The number of carbonyl (C=O) groups excluding carboxylic acids is 1. The highest BCUT2D eigenvalue weighted by Crippen LogP contribution is 2.33. The average Bonchev–Trinajstić information content (AvgIpc) is 2.81. The highest BCUT2D eigenvalue weighted by atomic mass is 35.5. The molecule has 1 unspecified atom stereocenters. The van der Waals surface area contributed by atoms with E-state index in [1.807, 2.05) is 12.3 Å². The third-order valence-electron chi connectivity index (χ3n) is 2.57. The summed E-state index contributed by atoms with van der Waals surface area (Å²) in [6.45, 7) is 2.48. The van der Waals surface area contributed by atoms with Crippen LogP contribution in [0.25, 0.3) is 0 Å². The zero-order valence-electron chi connectivity index (χ0n) is 8.70. The van der Waals surface area contributed by atoms with E-state index < -0.39 is 0 Å². The van der Waals surface area contributed by atoms with E-state index in [9.17, 15) is 4.79 Å². The highest BCUT2D eigenvalue weighted by molar-refractivity contribution is 7.10. The fourth-order valence-electron chi connectivity index (χ4n) is 1.64. The van der Waals surface area contributed by atoms with Crippen LogP contribution < -0.4 is 4.90 Å². The Bertz CT molecular complexity index is 408. The highest BCUT2D eigenvalue weighted by Gasteiger charge is 2.33. The minimum Gasteiger partial charge on any atom is -0.443 e. The van der Waals surface area contributed by atoms with Crippen LogP contribution in [0.15, 0.2) is 5.38 Å². The minimum atomic E-state index is -0.326. The van der Waals surface area contributed by atoms with Crippen LogP contribution in [-0.4, -0.2) is 24.6 Å². The molecule has 0 aromatic carbocycles. The van der Waals surface area contributed by atoms with E-state index >= 15 is 0 Å². The fourth-order valence-corrected chi connectivity index (χ4v) is 3.10. The van der Waals surface area contributed by atoms with Crippen LogP contribution in [0.5, 0.6) is 0 Å². The van der Waals surface area contributed by atoms with Gasteiger partial charge >= 0.3 is 6.09 Å². The molecule has 2 rings (SSSR count). The van der Waals surface area contributed by atoms with Gasteiger partial charge in [0.25, 0.3) is 0 Å². The van der Waals surface area contributed by atoms with Gasteiger partial charge in [-0.1, -0.05) is 0 Å². The first kappa shape index (κ1) is 12.0. The standard InChI is InChI=1S/C10H11Cl2NO2S/c1-6-8(5-16-9(6)3-12)13-4-7(2-11)15-10(13)14/h5,7H,2-4H2,1H3. The molecule has 1 aromatic heterocycles. The summed E-state index contributed by atoms with van der Waals surface area (Å²) in [6.07, 6.45) is -0.541. The van der Waals surface area contributed by atoms with Crippen LogP contribution in [0, 0.1) is 6.92 Å². The summed E-state index contributed by atoms with van der Waals surface area (Å²) >= 11 is 13.0. The zero-order chi connectivity index (χ0) is 11.7. The Labute approximate surface area is 108 Å². The topological polar surface area (TPSA) is 29.5 Å². The number of thiophene rings is 1. The van der Waals surface area contributed by atoms with Crippen molar-refractivity contribution >= 4 is 46.3 Å². The molecule has 0 spiro atoms. The van der Waals surface area contributed by atoms with Crippen molar-refractivity contribution in [2.75, 3.05) is 17.3 Å². The first-order valence-corrected chi connectivity index (χ1v) is 6.79. The normalized spacial score (nSPS) is 20.3. The van der Waals surface area contributed by atoms with E-state index in [4.69, 9.17) is 27.9 Å². The molecule has 1 aromatic rings. The van der Waals surface area contributed by atoms with Gasteiger partial charge in [-0.2, -0.15) is 0 Å². The second kappa shape index (κ2) is 4.82. The lowest BCUT2D eigenvalue weighted by Crippen LogP contribution is -2.25. The number of nitrogens with zero attached hydrogens (tertiary/aromatic N) is 1. The molecule has 2 heterocycles. The summed E-state index contributed by atoms with van der Waals surface area (Å²) in [5.74, 6) is 0.798. The summed E-state index contributed by atoms with van der Waals surface area (Å²) in [4.78, 5) is 14.3. The van der Waals surface area contributed by atoms with Gasteiger partial charge in [-0.05, 0) is 12.5 Å². The third kappa shape index (κ3) is 2.01. The maximum atomic E-state index is 11.6. The minimum absolute atomic E-state index is 0.215. The molecule has 0 N–H and O–H groups in total. The molecule has 1 atom stereocenters. The molecule has 1 amide bonds. The number of amides is 1. The van der Waals surface area contributed by atoms with Crippen molar-refractivity contribution in [3.05, 3.63) is 15.8 Å². The largest absolute Gasteiger partial charge is 0.443 e. The Kier molecular flexibility index (Phi) is 3.62. The molecular weight excluding hydrogens is 269 g/mol. The fraction of sp³-hybridized carbons (Fsp3) is 0.500. The maximum Gasteiger partial charge on any atom is 0.414 e. The number of anilines is 1. The second-order valence-corrected chi connectivity index (χ2v) is 5.11. The Morgan fingerprint density at radius 3 is 2.88 bits per heavy atom. The van der Waals surface area contributed by atoms with Crippen LogP contribution in [0.3, 0.4) is 0 Å². The first-order valence-electron chi connectivity index (χ1n) is 4.84. The predicted octanol–water partition coefficient (Wildman–Crippen LogP) is 3.36. The lowest BCUT2D eigenvalue weighted by molar-refractivity contribution is 0.151. The zero-order valence-corrected chi connectivity index (χ0v) is 11.0. The molecule has 88 valence electrons. The van der Waals surface area contributed by atoms with Crippen molar-refractivity contribution in [2.45, 2.75) is 18.9 Å². The number of ether oxygens (including phenoxy) is 1. The van der Waals surface area contributed by atoms with Crippen molar-refractivity contribution in [2.24, 2.45) is 0 Å². The van der Waals surface area contributed by atoms with E-state index in [-0.39, 0.29) is 12.2 Å². The number of cyclic esters (lactones) is 1. The van der Waals surface area contributed by atoms with Crippen molar-refractivity contribution in [3.63, 3.8) is 0 Å². The summed E-state index contributed by atoms with van der Waals surface area (Å²) < 4.78 is 5.10. The molecule has 3 nitrogen and oxygen atoms in total. The van der Waals surface area contributed by atoms with Crippen molar-refractivity contribution in [1.82, 2.24) is 0 Å². The third-order valence-corrected chi connectivity index (χ3v) is 4.42. The van der Waals surface area contributed by atoms with E-state index in [2.05, 4.69) is 0 Å². The van der Waals surface area contributed by atoms with Gasteiger partial charge in [-0.25, -0.2) is 4.79 Å². The number of carbonyl (C=O) groups is 1. The van der Waals surface area contributed by atoms with Crippen molar-refractivity contribution < 1.29 is 9.53 Å². The molecule has 0 bridgehead atoms. The van der Waals surface area contributed by atoms with Gasteiger partial charge in [0.1, 0.15) is 6.10 Å². The van der Waals surface area contributed by atoms with Crippen LogP contribution in [0.4, 0.5) is 10.5 Å². The van der Waals surface area contributed by atoms with Gasteiger partial charge < -0.3 is 4.74 Å². The summed E-state index contributed by atoms with van der Waals surface area (Å²) in [7, 11) is 0. The van der Waals surface area contributed by atoms with E-state index in [1.165, 1.54) is 0 Å². The molecule has 1 aliphatic heterocycles. The number of hydrogen-bond donors (Lipinski definition) is 0. The quantitative estimate of drug-likeness (QED) is 0.794. The number of halogens is 2. The van der Waals surface area contributed by atoms with Crippen molar-refractivity contribution in [1.29, 1.82) is 0 Å². The maximum absolute atomic E-state index is 11.6. The van der Waals surface area contributed by atoms with E-state index in [0.29, 0.717) is 18.3 Å². The van der Waals surface area contributed by atoms with E-state index in [1.54, 1.807) is 16.2 Å². The molecular formula is C10H11Cl2NO2S. The Morgan fingerprint density at radius 1 is 1.62 bits per heavy atom. The van der Waals surface area contributed by atoms with Gasteiger partial charge in [0, 0.05) is 10.3 Å². The lowest BCUT2D eigenvalue weighted by atomic mass is 10.2. The molecule has 6 heteroatoms. The molecule has 1 aliphatic rings. The number of alkyl halides is 2. The van der Waals surface area contributed by atoms with Gasteiger partial charge in [0.15, 0.2) is 0 Å². The Morgan fingerprint density at radius 2 is 2.38 bits per heavy atom. The van der Waals surface area contributed by atoms with Gasteiger partial charge in [-0.3, -0.25) is 4.90 Å². The second-order valence-electron chi connectivity index (χ2n) is 3.57. The van der Waals surface area contributed by atoms with Gasteiger partial charge in [0.05, 0.1) is 24.0 Å². The number of hydrogen-bond acceptors (Lipinski definition) is 3. The SMILES string of the molecule is Cc1c(N2CC(CCl)OC2=O)csc1CCl. The number of rotatable bonds is 3. The van der Waals surface area contributed by atoms with Gasteiger partial charge in [0.2, 0.25) is 0 Å². The lowest BCUT2D eigenvalue weighted by Gasteiger charge is -2.12. The van der Waals surface area contributed by atoms with Crippen molar-refractivity contribution in [3.8, 4) is 0 Å². The van der Waals surface area contributed by atoms with Crippen LogP contribution >= 0.6 is 34.5 Å². The molecule has 0 saturated carbocycles. The summed E-state index contributed by atoms with van der Waals surface area (Å²) in [6, 6.07) is 0. The molecule has 16 heavy (non-hydrogen) atoms. The molecule has 0 radical (unpaired) electrons. The molecule has 0 aliphatic carbocycles.